The molecule has 5 rings (SSSR count). The lowest BCUT2D eigenvalue weighted by Gasteiger charge is -2.29. The van der Waals surface area contributed by atoms with Crippen LogP contribution in [0.2, 0.25) is 0 Å². The number of fused-ring (bicyclic) bond motifs is 3. The molecule has 0 amide bonds. The Morgan fingerprint density at radius 2 is 1.75 bits per heavy atom. The summed E-state index contributed by atoms with van der Waals surface area (Å²) in [5.41, 5.74) is 4.73. The first-order valence-electron chi connectivity index (χ1n) is 9.60. The van der Waals surface area contributed by atoms with E-state index in [9.17, 15) is 4.39 Å². The number of halogens is 1. The molecule has 0 bridgehead atoms. The van der Waals surface area contributed by atoms with Gasteiger partial charge in [-0.2, -0.15) is 0 Å². The van der Waals surface area contributed by atoms with Crippen molar-refractivity contribution in [2.24, 2.45) is 0 Å². The van der Waals surface area contributed by atoms with E-state index in [-0.39, 0.29) is 17.8 Å². The maximum Gasteiger partial charge on any atom is 0.159 e. The number of anilines is 2. The fourth-order valence-electron chi connectivity index (χ4n) is 4.09. The smallest absolute Gasteiger partial charge is 0.159 e. The highest BCUT2D eigenvalue weighted by molar-refractivity contribution is 5.77. The second-order valence-electron chi connectivity index (χ2n) is 7.15. The summed E-state index contributed by atoms with van der Waals surface area (Å²) < 4.78 is 15.0. The number of benzene rings is 2. The molecule has 1 aromatic heterocycles. The van der Waals surface area contributed by atoms with Crippen LogP contribution in [0.25, 0.3) is 11.4 Å². The number of allylic oxidation sites excluding steroid dienone is 2. The highest BCUT2D eigenvalue weighted by atomic mass is 19.1. The molecule has 3 aromatic rings. The van der Waals surface area contributed by atoms with E-state index in [0.29, 0.717) is 11.5 Å². The van der Waals surface area contributed by atoms with Crippen LogP contribution in [0, 0.1) is 5.82 Å². The van der Waals surface area contributed by atoms with Gasteiger partial charge in [0.2, 0.25) is 0 Å². The van der Waals surface area contributed by atoms with Crippen molar-refractivity contribution in [2.75, 3.05) is 4.90 Å². The second kappa shape index (κ2) is 6.71. The van der Waals surface area contributed by atoms with Crippen molar-refractivity contribution >= 4 is 11.4 Å². The van der Waals surface area contributed by atoms with Gasteiger partial charge in [-0.1, -0.05) is 49.4 Å². The molecule has 28 heavy (non-hydrogen) atoms. The number of hydrogen-bond donors (Lipinski definition) is 0. The van der Waals surface area contributed by atoms with Crippen LogP contribution in [0.4, 0.5) is 15.8 Å². The normalized spacial score (nSPS) is 19.6. The van der Waals surface area contributed by atoms with Gasteiger partial charge in [0.1, 0.15) is 5.82 Å². The molecule has 2 atom stereocenters. The number of rotatable bonds is 3. The minimum atomic E-state index is -0.243. The average molecular weight is 369 g/mol. The molecule has 1 aliphatic carbocycles. The molecule has 0 N–H and O–H groups in total. The number of hydrogen-bond acceptors (Lipinski definition) is 3. The maximum absolute atomic E-state index is 15.0. The number of para-hydroxylation sites is 1. The molecular formula is C24H20FN3. The largest absolute Gasteiger partial charge is 0.331 e. The van der Waals surface area contributed by atoms with Gasteiger partial charge in [0.25, 0.3) is 0 Å². The van der Waals surface area contributed by atoms with Crippen LogP contribution in [0.3, 0.4) is 0 Å². The number of aromatic nitrogens is 2. The predicted octanol–water partition coefficient (Wildman–Crippen LogP) is 5.58. The SMILES string of the molecule is CCc1cnc(-c2ccc(F)c(N3c4ccccc4C4C=CC=CC43)c2)nc1. The lowest BCUT2D eigenvalue weighted by atomic mass is 9.91. The Morgan fingerprint density at radius 3 is 2.57 bits per heavy atom. The molecule has 138 valence electrons. The van der Waals surface area contributed by atoms with Crippen molar-refractivity contribution in [3.05, 3.63) is 96.1 Å². The molecule has 3 nitrogen and oxygen atoms in total. The Hall–Kier alpha value is -3.27. The minimum absolute atomic E-state index is 0.0653. The molecule has 2 unspecified atom stereocenters. The van der Waals surface area contributed by atoms with E-state index in [1.54, 1.807) is 6.07 Å². The lowest BCUT2D eigenvalue weighted by molar-refractivity contribution is 0.619. The van der Waals surface area contributed by atoms with E-state index in [4.69, 9.17) is 0 Å². The zero-order chi connectivity index (χ0) is 19.1. The third-order valence-corrected chi connectivity index (χ3v) is 5.54. The van der Waals surface area contributed by atoms with Crippen molar-refractivity contribution in [1.29, 1.82) is 0 Å². The number of nitrogens with zero attached hydrogens (tertiary/aromatic N) is 3. The molecule has 0 spiro atoms. The van der Waals surface area contributed by atoms with Crippen molar-refractivity contribution in [3.63, 3.8) is 0 Å². The van der Waals surface area contributed by atoms with E-state index >= 15 is 0 Å². The minimum Gasteiger partial charge on any atom is -0.331 e. The third-order valence-electron chi connectivity index (χ3n) is 5.54. The number of aryl methyl sites for hydroxylation is 1. The predicted molar refractivity (Wildman–Crippen MR) is 110 cm³/mol. The lowest BCUT2D eigenvalue weighted by Crippen LogP contribution is -2.29. The molecule has 2 aliphatic rings. The van der Waals surface area contributed by atoms with Crippen LogP contribution in [-0.2, 0) is 6.42 Å². The van der Waals surface area contributed by atoms with Gasteiger partial charge in [-0.3, -0.25) is 0 Å². The first kappa shape index (κ1) is 16.9. The second-order valence-corrected chi connectivity index (χ2v) is 7.15. The van der Waals surface area contributed by atoms with Crippen LogP contribution < -0.4 is 4.90 Å². The van der Waals surface area contributed by atoms with Gasteiger partial charge < -0.3 is 4.90 Å². The highest BCUT2D eigenvalue weighted by Gasteiger charge is 2.38. The zero-order valence-electron chi connectivity index (χ0n) is 15.6. The summed E-state index contributed by atoms with van der Waals surface area (Å²) in [6.45, 7) is 2.07. The summed E-state index contributed by atoms with van der Waals surface area (Å²) in [6, 6.07) is 13.4. The highest BCUT2D eigenvalue weighted by Crippen LogP contribution is 2.48. The van der Waals surface area contributed by atoms with Gasteiger partial charge in [0.15, 0.2) is 5.82 Å². The maximum atomic E-state index is 15.0. The Kier molecular flexibility index (Phi) is 4.05. The molecule has 0 saturated carbocycles. The Balaban J connectivity index is 1.62. The van der Waals surface area contributed by atoms with Gasteiger partial charge in [0.05, 0.1) is 11.7 Å². The van der Waals surface area contributed by atoms with Crippen molar-refractivity contribution in [2.45, 2.75) is 25.3 Å². The quantitative estimate of drug-likeness (QED) is 0.604. The van der Waals surface area contributed by atoms with Gasteiger partial charge in [-0.25, -0.2) is 14.4 Å². The molecular weight excluding hydrogens is 349 g/mol. The average Bonchev–Trinajstić information content (AvgIpc) is 3.09. The summed E-state index contributed by atoms with van der Waals surface area (Å²) in [5.74, 6) is 0.596. The van der Waals surface area contributed by atoms with Crippen LogP contribution >= 0.6 is 0 Å². The van der Waals surface area contributed by atoms with Crippen LogP contribution in [0.5, 0.6) is 0 Å². The topological polar surface area (TPSA) is 29.0 Å². The van der Waals surface area contributed by atoms with Gasteiger partial charge in [-0.15, -0.1) is 0 Å². The molecule has 2 heterocycles. The van der Waals surface area contributed by atoms with Gasteiger partial charge in [-0.05, 0) is 41.8 Å². The Bertz CT molecular complexity index is 1090. The molecule has 0 radical (unpaired) electrons. The first-order valence-corrected chi connectivity index (χ1v) is 9.60. The van der Waals surface area contributed by atoms with Crippen LogP contribution in [-0.4, -0.2) is 16.0 Å². The fraction of sp³-hybridized carbons (Fsp3) is 0.167. The Morgan fingerprint density at radius 1 is 0.964 bits per heavy atom. The molecule has 1 aliphatic heterocycles. The third kappa shape index (κ3) is 2.64. The van der Waals surface area contributed by atoms with E-state index in [1.165, 1.54) is 11.6 Å². The van der Waals surface area contributed by atoms with Crippen LogP contribution in [0.15, 0.2) is 79.2 Å². The van der Waals surface area contributed by atoms with Gasteiger partial charge in [0, 0.05) is 29.6 Å². The summed E-state index contributed by atoms with van der Waals surface area (Å²) in [6.07, 6.45) is 13.0. The molecule has 0 saturated heterocycles. The van der Waals surface area contributed by atoms with Crippen molar-refractivity contribution < 1.29 is 4.39 Å². The van der Waals surface area contributed by atoms with Gasteiger partial charge >= 0.3 is 0 Å². The zero-order valence-corrected chi connectivity index (χ0v) is 15.6. The molecule has 2 aromatic carbocycles. The summed E-state index contributed by atoms with van der Waals surface area (Å²) in [4.78, 5) is 11.0. The van der Waals surface area contributed by atoms with E-state index in [2.05, 4.69) is 52.2 Å². The van der Waals surface area contributed by atoms with Crippen molar-refractivity contribution in [1.82, 2.24) is 9.97 Å². The van der Waals surface area contributed by atoms with E-state index in [1.807, 2.05) is 36.7 Å². The van der Waals surface area contributed by atoms with Crippen molar-refractivity contribution in [3.8, 4) is 11.4 Å². The standard InChI is InChI=1S/C24H20FN3/c1-2-16-14-26-24(27-15-16)17-11-12-20(25)23(13-17)28-21-9-5-3-7-18(21)19-8-4-6-10-22(19)28/h3-15,18,21H,2H2,1H3. The van der Waals surface area contributed by atoms with E-state index < -0.39 is 0 Å². The molecule has 4 heteroatoms. The first-order chi connectivity index (χ1) is 13.8. The van der Waals surface area contributed by atoms with E-state index in [0.717, 1.165) is 23.2 Å². The Labute approximate surface area is 163 Å². The summed E-state index contributed by atoms with van der Waals surface area (Å²) in [7, 11) is 0. The monoisotopic (exact) mass is 369 g/mol. The van der Waals surface area contributed by atoms with Crippen LogP contribution in [0.1, 0.15) is 24.0 Å². The summed E-state index contributed by atoms with van der Waals surface area (Å²) in [5, 5.41) is 0. The fourth-order valence-corrected chi connectivity index (χ4v) is 4.09. The molecule has 0 fully saturated rings. The summed E-state index contributed by atoms with van der Waals surface area (Å²) >= 11 is 0.